The molecule has 13 nitrogen and oxygen atoms in total. The number of aryl methyl sites for hydroxylation is 1. The smallest absolute Gasteiger partial charge is 0.339 e. The number of piperidine rings is 1. The third-order valence-electron chi connectivity index (χ3n) is 6.71. The van der Waals surface area contributed by atoms with Crippen molar-refractivity contribution in [3.63, 3.8) is 0 Å². The van der Waals surface area contributed by atoms with Crippen molar-refractivity contribution < 1.29 is 29.1 Å². The molecule has 0 saturated carbocycles. The molecule has 1 unspecified atom stereocenters. The van der Waals surface area contributed by atoms with Gasteiger partial charge in [0.15, 0.2) is 0 Å². The Morgan fingerprint density at radius 2 is 1.92 bits per heavy atom. The first kappa shape index (κ1) is 21.8. The van der Waals surface area contributed by atoms with Gasteiger partial charge in [-0.15, -0.1) is 5.10 Å². The number of amides is 4. The fraction of sp³-hybridized carbons (Fsp3) is 0.304. The van der Waals surface area contributed by atoms with Gasteiger partial charge in [0.05, 0.1) is 35.3 Å². The molecule has 4 amide bonds. The third-order valence-corrected chi connectivity index (χ3v) is 6.71. The zero-order valence-electron chi connectivity index (χ0n) is 18.8. The molecule has 0 bridgehead atoms. The molecule has 1 saturated heterocycles. The minimum absolute atomic E-state index is 0.0431. The molecular formula is C23H19N7O6. The Kier molecular flexibility index (Phi) is 4.81. The Morgan fingerprint density at radius 3 is 2.69 bits per heavy atom. The maximum absolute atomic E-state index is 13.1. The van der Waals surface area contributed by atoms with Gasteiger partial charge in [-0.1, -0.05) is 11.3 Å². The zero-order chi connectivity index (χ0) is 25.1. The molecule has 3 aliphatic heterocycles. The van der Waals surface area contributed by atoms with Gasteiger partial charge in [-0.05, 0) is 31.4 Å². The van der Waals surface area contributed by atoms with Crippen molar-refractivity contribution in [1.29, 1.82) is 0 Å². The summed E-state index contributed by atoms with van der Waals surface area (Å²) >= 11 is 0. The molecule has 2 aromatic heterocycles. The largest absolute Gasteiger partial charge is 0.478 e. The number of nitrogens with zero attached hydrogens (tertiary/aromatic N) is 6. The number of nitrogens with one attached hydrogen (secondary N) is 1. The van der Waals surface area contributed by atoms with E-state index in [-0.39, 0.29) is 36.1 Å². The molecule has 36 heavy (non-hydrogen) atoms. The van der Waals surface area contributed by atoms with Crippen LogP contribution in [-0.4, -0.2) is 70.4 Å². The van der Waals surface area contributed by atoms with Gasteiger partial charge < -0.3 is 5.11 Å². The summed E-state index contributed by atoms with van der Waals surface area (Å²) in [4.78, 5) is 62.3. The highest BCUT2D eigenvalue weighted by Gasteiger charge is 2.44. The van der Waals surface area contributed by atoms with Crippen LogP contribution in [0.25, 0.3) is 11.3 Å². The number of hydrogen-bond donors (Lipinski definition) is 2. The van der Waals surface area contributed by atoms with Gasteiger partial charge >= 0.3 is 5.97 Å². The summed E-state index contributed by atoms with van der Waals surface area (Å²) in [6.45, 7) is 0.788. The van der Waals surface area contributed by atoms with Crippen LogP contribution < -0.4 is 5.32 Å². The molecule has 2 N–H and O–H groups in total. The zero-order valence-corrected chi connectivity index (χ0v) is 18.8. The first-order valence-corrected chi connectivity index (χ1v) is 11.4. The second kappa shape index (κ2) is 7.93. The number of rotatable bonds is 5. The van der Waals surface area contributed by atoms with Crippen LogP contribution in [0, 0.1) is 0 Å². The standard InChI is InChI=1S/C23H19N7O6/c31-18-6-5-17(20(32)24-18)30-21(33)12-4-3-11(8-13(12)22(30)34)14-9-28(27-25-14)10-15-19(23(35)36)16-2-1-7-29(16)26-15/h3-4,8-9,17H,1-2,5-7,10H2,(H,35,36)(H,24,31,32). The van der Waals surface area contributed by atoms with Crippen LogP contribution in [0.5, 0.6) is 0 Å². The van der Waals surface area contributed by atoms with Crippen molar-refractivity contribution >= 4 is 29.6 Å². The van der Waals surface area contributed by atoms with Gasteiger partial charge in [-0.25, -0.2) is 9.48 Å². The number of aromatic carboxylic acids is 1. The van der Waals surface area contributed by atoms with Crippen LogP contribution in [0.2, 0.25) is 0 Å². The summed E-state index contributed by atoms with van der Waals surface area (Å²) in [5.41, 5.74) is 2.54. The highest BCUT2D eigenvalue weighted by atomic mass is 16.4. The monoisotopic (exact) mass is 489 g/mol. The second-order valence-corrected chi connectivity index (χ2v) is 8.91. The summed E-state index contributed by atoms with van der Waals surface area (Å²) in [6, 6.07) is 3.60. The van der Waals surface area contributed by atoms with Gasteiger partial charge in [0.1, 0.15) is 17.3 Å². The lowest BCUT2D eigenvalue weighted by Gasteiger charge is -2.27. The topological polar surface area (TPSA) is 169 Å². The first-order valence-electron chi connectivity index (χ1n) is 11.4. The van der Waals surface area contributed by atoms with E-state index in [9.17, 15) is 29.1 Å². The molecular weight excluding hydrogens is 470 g/mol. The number of imide groups is 2. The number of carboxylic acids is 1. The quantitative estimate of drug-likeness (QED) is 0.477. The molecule has 182 valence electrons. The van der Waals surface area contributed by atoms with E-state index >= 15 is 0 Å². The molecule has 0 spiro atoms. The highest BCUT2D eigenvalue weighted by Crippen LogP contribution is 2.31. The van der Waals surface area contributed by atoms with Crippen molar-refractivity contribution in [3.05, 3.63) is 52.5 Å². The Balaban J connectivity index is 1.26. The fourth-order valence-corrected chi connectivity index (χ4v) is 5.04. The summed E-state index contributed by atoms with van der Waals surface area (Å²) in [5, 5.41) is 24.5. The van der Waals surface area contributed by atoms with E-state index in [1.165, 1.54) is 16.8 Å². The van der Waals surface area contributed by atoms with E-state index in [1.807, 2.05) is 0 Å². The summed E-state index contributed by atoms with van der Waals surface area (Å²) in [6.07, 6.45) is 3.25. The van der Waals surface area contributed by atoms with Crippen LogP contribution in [0.4, 0.5) is 0 Å². The predicted molar refractivity (Wildman–Crippen MR) is 119 cm³/mol. The van der Waals surface area contributed by atoms with E-state index in [4.69, 9.17) is 0 Å². The van der Waals surface area contributed by atoms with E-state index in [0.717, 1.165) is 11.3 Å². The van der Waals surface area contributed by atoms with Crippen LogP contribution in [-0.2, 0) is 29.1 Å². The highest BCUT2D eigenvalue weighted by molar-refractivity contribution is 6.23. The number of carbonyl (C=O) groups excluding carboxylic acids is 4. The molecule has 1 aromatic carbocycles. The molecule has 1 atom stereocenters. The Morgan fingerprint density at radius 1 is 1.11 bits per heavy atom. The third kappa shape index (κ3) is 3.31. The maximum atomic E-state index is 13.1. The van der Waals surface area contributed by atoms with Crippen LogP contribution in [0.3, 0.4) is 0 Å². The van der Waals surface area contributed by atoms with Crippen molar-refractivity contribution in [3.8, 4) is 11.3 Å². The lowest BCUT2D eigenvalue weighted by atomic mass is 10.0. The molecule has 13 heteroatoms. The minimum Gasteiger partial charge on any atom is -0.478 e. The van der Waals surface area contributed by atoms with Crippen molar-refractivity contribution in [2.75, 3.05) is 0 Å². The van der Waals surface area contributed by atoms with E-state index < -0.39 is 35.6 Å². The fourth-order valence-electron chi connectivity index (χ4n) is 5.04. The number of fused-ring (bicyclic) bond motifs is 2. The maximum Gasteiger partial charge on any atom is 0.339 e. The Hall–Kier alpha value is -4.68. The van der Waals surface area contributed by atoms with Gasteiger partial charge in [0.2, 0.25) is 11.8 Å². The molecule has 6 rings (SSSR count). The minimum atomic E-state index is -1.04. The molecule has 1 fully saturated rings. The van der Waals surface area contributed by atoms with Crippen molar-refractivity contribution in [2.45, 2.75) is 44.8 Å². The lowest BCUT2D eigenvalue weighted by molar-refractivity contribution is -0.136. The molecule has 3 aromatic rings. The van der Waals surface area contributed by atoms with E-state index in [0.29, 0.717) is 35.6 Å². The molecule has 0 radical (unpaired) electrons. The summed E-state index contributed by atoms with van der Waals surface area (Å²) < 4.78 is 3.18. The van der Waals surface area contributed by atoms with E-state index in [1.54, 1.807) is 16.9 Å². The predicted octanol–water partition coefficient (Wildman–Crippen LogP) is 0.236. The lowest BCUT2D eigenvalue weighted by Crippen LogP contribution is -2.54. The number of carboxylic acid groups (broad SMARTS) is 1. The van der Waals surface area contributed by atoms with Crippen molar-refractivity contribution in [2.24, 2.45) is 0 Å². The van der Waals surface area contributed by atoms with Crippen LogP contribution >= 0.6 is 0 Å². The first-order chi connectivity index (χ1) is 17.3. The summed E-state index contributed by atoms with van der Waals surface area (Å²) in [7, 11) is 0. The molecule has 3 aliphatic rings. The SMILES string of the molecule is O=C1CCC(N2C(=O)c3ccc(-c4cn(Cc5nn6c(c5C(=O)O)CCC6)nn4)cc3C2=O)C(=O)N1. The summed E-state index contributed by atoms with van der Waals surface area (Å²) in [5.74, 6) is -3.34. The Labute approximate surface area is 202 Å². The average molecular weight is 489 g/mol. The molecule has 5 heterocycles. The number of carbonyl (C=O) groups is 5. The Bertz CT molecular complexity index is 1500. The number of hydrogen-bond acceptors (Lipinski definition) is 8. The van der Waals surface area contributed by atoms with Gasteiger partial charge in [0, 0.05) is 18.5 Å². The van der Waals surface area contributed by atoms with Gasteiger partial charge in [-0.2, -0.15) is 5.10 Å². The van der Waals surface area contributed by atoms with Gasteiger partial charge in [0.25, 0.3) is 11.8 Å². The average Bonchev–Trinajstić information content (AvgIpc) is 3.59. The van der Waals surface area contributed by atoms with Crippen LogP contribution in [0.1, 0.15) is 61.7 Å². The number of benzene rings is 1. The van der Waals surface area contributed by atoms with Crippen molar-refractivity contribution in [1.82, 2.24) is 35.0 Å². The molecule has 0 aliphatic carbocycles. The normalized spacial score (nSPS) is 19.0. The van der Waals surface area contributed by atoms with Gasteiger partial charge in [-0.3, -0.25) is 34.1 Å². The van der Waals surface area contributed by atoms with E-state index in [2.05, 4.69) is 20.7 Å². The van der Waals surface area contributed by atoms with Crippen LogP contribution in [0.15, 0.2) is 24.4 Å². The number of aromatic nitrogens is 5. The second-order valence-electron chi connectivity index (χ2n) is 8.91.